The molecule has 2 rings (SSSR count). The summed E-state index contributed by atoms with van der Waals surface area (Å²) in [7, 11) is 0. The molecule has 27 heavy (non-hydrogen) atoms. The third-order valence-corrected chi connectivity index (χ3v) is 9.94. The van der Waals surface area contributed by atoms with Gasteiger partial charge in [0.2, 0.25) is 0 Å². The number of rotatable bonds is 4. The quantitative estimate of drug-likeness (QED) is 0.138. The van der Waals surface area contributed by atoms with Gasteiger partial charge in [-0.2, -0.15) is 0 Å². The first kappa shape index (κ1) is 23.2. The molecular weight excluding hydrogens is 744 g/mol. The van der Waals surface area contributed by atoms with Gasteiger partial charge in [0.1, 0.15) is 0 Å². The minimum absolute atomic E-state index is 0.758. The number of hydrogen-bond acceptors (Lipinski definition) is 3. The highest BCUT2D eigenvalue weighted by atomic mass is 79.9. The van der Waals surface area contributed by atoms with Crippen LogP contribution >= 0.6 is 95.6 Å². The van der Waals surface area contributed by atoms with E-state index in [2.05, 4.69) is 95.6 Å². The van der Waals surface area contributed by atoms with Gasteiger partial charge in [-0.1, -0.05) is 12.1 Å². The van der Waals surface area contributed by atoms with Crippen molar-refractivity contribution in [2.24, 2.45) is 0 Å². The molecule has 0 aliphatic heterocycles. The molecule has 0 bridgehead atoms. The van der Waals surface area contributed by atoms with Crippen LogP contribution in [0.25, 0.3) is 12.2 Å². The van der Waals surface area contributed by atoms with Crippen molar-refractivity contribution >= 4 is 120 Å². The fourth-order valence-corrected chi connectivity index (χ4v) is 4.69. The maximum absolute atomic E-state index is 11.8. The zero-order chi connectivity index (χ0) is 20.1. The van der Waals surface area contributed by atoms with Crippen molar-refractivity contribution in [2.45, 2.75) is 0 Å². The summed E-state index contributed by atoms with van der Waals surface area (Å²) in [5.41, 5.74) is 1.52. The molecule has 0 aliphatic rings. The Morgan fingerprint density at radius 1 is 0.630 bits per heavy atom. The molecule has 0 radical (unpaired) electrons. The first-order chi connectivity index (χ1) is 12.7. The maximum atomic E-state index is 11.8. The molecular formula is C18H8Br6O3. The molecule has 0 unspecified atom stereocenters. The van der Waals surface area contributed by atoms with Crippen LogP contribution in [0.5, 0.6) is 0 Å². The van der Waals surface area contributed by atoms with Gasteiger partial charge in [0, 0.05) is 39.0 Å². The van der Waals surface area contributed by atoms with Crippen LogP contribution in [0.15, 0.2) is 63.3 Å². The molecule has 9 heteroatoms. The fraction of sp³-hybridized carbons (Fsp3) is 0. The van der Waals surface area contributed by atoms with Gasteiger partial charge >= 0.3 is 11.9 Å². The van der Waals surface area contributed by atoms with E-state index in [0.29, 0.717) is 0 Å². The van der Waals surface area contributed by atoms with Crippen molar-refractivity contribution in [3.05, 3.63) is 74.4 Å². The zero-order valence-corrected chi connectivity index (χ0v) is 22.6. The van der Waals surface area contributed by atoms with Crippen LogP contribution in [-0.2, 0) is 14.3 Å². The number of halogens is 6. The number of ether oxygens (including phenoxy) is 1. The molecule has 0 saturated heterocycles. The Kier molecular flexibility index (Phi) is 9.15. The van der Waals surface area contributed by atoms with Gasteiger partial charge in [0.05, 0.1) is 0 Å². The standard InChI is InChI=1S/C18H8Br6O3/c19-11-5-1-9(15(21)17(11)23)3-7-13(25)27-14(26)8-4-10-2-6-12(20)18(24)16(10)22/h1-8H. The predicted molar refractivity (Wildman–Crippen MR) is 128 cm³/mol. The predicted octanol–water partition coefficient (Wildman–Crippen LogP) is 8.06. The zero-order valence-electron chi connectivity index (χ0n) is 13.1. The highest BCUT2D eigenvalue weighted by Gasteiger charge is 2.09. The Morgan fingerprint density at radius 3 is 1.37 bits per heavy atom. The summed E-state index contributed by atoms with van der Waals surface area (Å²) in [5.74, 6) is -1.52. The van der Waals surface area contributed by atoms with E-state index in [9.17, 15) is 9.59 Å². The third kappa shape index (κ3) is 6.47. The maximum Gasteiger partial charge on any atom is 0.338 e. The average molecular weight is 752 g/mol. The van der Waals surface area contributed by atoms with E-state index in [4.69, 9.17) is 4.74 Å². The van der Waals surface area contributed by atoms with Crippen LogP contribution in [-0.4, -0.2) is 11.9 Å². The lowest BCUT2D eigenvalue weighted by atomic mass is 10.2. The molecule has 3 nitrogen and oxygen atoms in total. The van der Waals surface area contributed by atoms with Gasteiger partial charge in [-0.25, -0.2) is 9.59 Å². The van der Waals surface area contributed by atoms with Gasteiger partial charge in [-0.15, -0.1) is 0 Å². The number of esters is 2. The molecule has 0 spiro atoms. The lowest BCUT2D eigenvalue weighted by Crippen LogP contribution is -2.06. The number of carbonyl (C=O) groups excluding carboxylic acids is 2. The van der Waals surface area contributed by atoms with E-state index in [0.717, 1.165) is 38.0 Å². The van der Waals surface area contributed by atoms with E-state index < -0.39 is 11.9 Å². The minimum atomic E-state index is -0.758. The largest absolute Gasteiger partial charge is 0.387 e. The lowest BCUT2D eigenvalue weighted by Gasteiger charge is -2.04. The fourth-order valence-electron chi connectivity index (χ4n) is 1.82. The molecule has 0 atom stereocenters. The van der Waals surface area contributed by atoms with Crippen LogP contribution in [0.2, 0.25) is 0 Å². The van der Waals surface area contributed by atoms with Gasteiger partial charge in [0.25, 0.3) is 0 Å². The SMILES string of the molecule is O=C(C=Cc1ccc(Br)c(Br)c1Br)OC(=O)C=Cc1ccc(Br)c(Br)c1Br. The molecule has 0 saturated carbocycles. The topological polar surface area (TPSA) is 43.4 Å². The molecule has 0 heterocycles. The highest BCUT2D eigenvalue weighted by molar-refractivity contribution is 9.15. The molecule has 140 valence electrons. The van der Waals surface area contributed by atoms with Crippen LogP contribution in [0.1, 0.15) is 11.1 Å². The highest BCUT2D eigenvalue weighted by Crippen LogP contribution is 2.35. The monoisotopic (exact) mass is 746 g/mol. The van der Waals surface area contributed by atoms with Crippen molar-refractivity contribution in [1.29, 1.82) is 0 Å². The summed E-state index contributed by atoms with van der Waals surface area (Å²) >= 11 is 20.5. The van der Waals surface area contributed by atoms with Crippen LogP contribution in [0, 0.1) is 0 Å². The first-order valence-corrected chi connectivity index (χ1v) is 11.9. The Labute approximate surface area is 206 Å². The minimum Gasteiger partial charge on any atom is -0.387 e. The summed E-state index contributed by atoms with van der Waals surface area (Å²) < 4.78 is 9.70. The molecule has 2 aromatic carbocycles. The summed E-state index contributed by atoms with van der Waals surface area (Å²) in [5, 5.41) is 0. The van der Waals surface area contributed by atoms with Gasteiger partial charge < -0.3 is 4.74 Å². The summed E-state index contributed by atoms with van der Waals surface area (Å²) in [4.78, 5) is 23.7. The normalized spacial score (nSPS) is 11.3. The number of carbonyl (C=O) groups is 2. The third-order valence-electron chi connectivity index (χ3n) is 3.13. The molecule has 0 aliphatic carbocycles. The van der Waals surface area contributed by atoms with E-state index in [1.165, 1.54) is 12.2 Å². The lowest BCUT2D eigenvalue weighted by molar-refractivity contribution is -0.152. The molecule has 2 aromatic rings. The van der Waals surface area contributed by atoms with E-state index in [-0.39, 0.29) is 0 Å². The van der Waals surface area contributed by atoms with Crippen LogP contribution in [0.3, 0.4) is 0 Å². The van der Waals surface area contributed by atoms with Crippen molar-refractivity contribution in [3.63, 3.8) is 0 Å². The van der Waals surface area contributed by atoms with Crippen LogP contribution < -0.4 is 0 Å². The van der Waals surface area contributed by atoms with Crippen molar-refractivity contribution in [3.8, 4) is 0 Å². The summed E-state index contributed by atoms with van der Waals surface area (Å²) in [6.45, 7) is 0. The molecule has 0 aromatic heterocycles. The number of benzene rings is 2. The second kappa shape index (κ2) is 10.6. The van der Waals surface area contributed by atoms with Crippen molar-refractivity contribution < 1.29 is 14.3 Å². The second-order valence-electron chi connectivity index (χ2n) is 4.94. The molecule has 0 N–H and O–H groups in total. The summed E-state index contributed by atoms with van der Waals surface area (Å²) in [6.07, 6.45) is 5.50. The Balaban J connectivity index is 2.03. The Morgan fingerprint density at radius 2 is 1.00 bits per heavy atom. The van der Waals surface area contributed by atoms with Gasteiger partial charge in [-0.05, 0) is 131 Å². The molecule has 0 fully saturated rings. The molecule has 0 amide bonds. The van der Waals surface area contributed by atoms with Crippen molar-refractivity contribution in [2.75, 3.05) is 0 Å². The van der Waals surface area contributed by atoms with E-state index >= 15 is 0 Å². The summed E-state index contributed by atoms with van der Waals surface area (Å²) in [6, 6.07) is 7.30. The van der Waals surface area contributed by atoms with Crippen LogP contribution in [0.4, 0.5) is 0 Å². The Hall–Kier alpha value is -0.0600. The Bertz CT molecular complexity index is 889. The second-order valence-corrected chi connectivity index (χ2v) is 9.82. The first-order valence-electron chi connectivity index (χ1n) is 7.09. The smallest absolute Gasteiger partial charge is 0.338 e. The van der Waals surface area contributed by atoms with Gasteiger partial charge in [0.15, 0.2) is 0 Å². The van der Waals surface area contributed by atoms with Crippen molar-refractivity contribution in [1.82, 2.24) is 0 Å². The average Bonchev–Trinajstić information content (AvgIpc) is 2.63. The van der Waals surface area contributed by atoms with Gasteiger partial charge in [-0.3, -0.25) is 0 Å². The van der Waals surface area contributed by atoms with E-state index in [1.807, 2.05) is 24.3 Å². The number of hydrogen-bond donors (Lipinski definition) is 0. The van der Waals surface area contributed by atoms with E-state index in [1.54, 1.807) is 12.2 Å².